The maximum Gasteiger partial charge on any atom is 0.154 e. The SMILES string of the molecule is Nc1n[nH]c(-c2cc3c(s2)CCC3)c1-c1cccs1. The number of aromatic amines is 1. The quantitative estimate of drug-likeness (QED) is 0.750. The molecule has 0 fully saturated rings. The predicted octanol–water partition coefficient (Wildman–Crippen LogP) is 3.94. The average Bonchev–Trinajstić information content (AvgIpc) is 3.10. The number of hydrogen-bond donors (Lipinski definition) is 2. The summed E-state index contributed by atoms with van der Waals surface area (Å²) in [5, 5.41) is 9.38. The van der Waals surface area contributed by atoms with Gasteiger partial charge in [-0.2, -0.15) is 5.10 Å². The number of thiophene rings is 2. The van der Waals surface area contributed by atoms with Gasteiger partial charge in [0.2, 0.25) is 0 Å². The second kappa shape index (κ2) is 4.21. The van der Waals surface area contributed by atoms with E-state index in [2.05, 4.69) is 27.7 Å². The van der Waals surface area contributed by atoms with Crippen molar-refractivity contribution in [3.8, 4) is 21.0 Å². The van der Waals surface area contributed by atoms with Crippen molar-refractivity contribution in [2.45, 2.75) is 19.3 Å². The van der Waals surface area contributed by atoms with Crippen LogP contribution in [0.2, 0.25) is 0 Å². The Balaban J connectivity index is 1.87. The van der Waals surface area contributed by atoms with E-state index in [9.17, 15) is 0 Å². The molecule has 3 N–H and O–H groups in total. The number of nitrogens with zero attached hydrogens (tertiary/aromatic N) is 1. The fourth-order valence-corrected chi connectivity index (χ4v) is 4.70. The Bertz CT molecular complexity index is 701. The molecule has 96 valence electrons. The van der Waals surface area contributed by atoms with E-state index >= 15 is 0 Å². The summed E-state index contributed by atoms with van der Waals surface area (Å²) in [6, 6.07) is 6.44. The van der Waals surface area contributed by atoms with Crippen molar-refractivity contribution in [3.63, 3.8) is 0 Å². The van der Waals surface area contributed by atoms with Crippen molar-refractivity contribution in [1.82, 2.24) is 10.2 Å². The zero-order valence-electron chi connectivity index (χ0n) is 10.3. The van der Waals surface area contributed by atoms with Crippen LogP contribution in [0.3, 0.4) is 0 Å². The van der Waals surface area contributed by atoms with Gasteiger partial charge in [-0.1, -0.05) is 6.07 Å². The minimum atomic E-state index is 0.589. The molecular weight excluding hydrogens is 274 g/mol. The molecule has 4 rings (SSSR count). The molecule has 0 aliphatic heterocycles. The molecule has 5 heteroatoms. The number of fused-ring (bicyclic) bond motifs is 1. The third-order valence-electron chi connectivity index (χ3n) is 3.55. The fourth-order valence-electron chi connectivity index (χ4n) is 2.66. The molecule has 0 aromatic carbocycles. The molecule has 0 radical (unpaired) electrons. The standard InChI is InChI=1S/C14H13N3S2/c15-14-12(10-5-2-6-18-10)13(16-17-14)11-7-8-3-1-4-9(8)19-11/h2,5-7H,1,3-4H2,(H3,15,16,17). The van der Waals surface area contributed by atoms with E-state index in [0.29, 0.717) is 5.82 Å². The number of H-pyrrole nitrogens is 1. The van der Waals surface area contributed by atoms with Gasteiger partial charge in [0, 0.05) is 9.75 Å². The van der Waals surface area contributed by atoms with Gasteiger partial charge in [0.25, 0.3) is 0 Å². The van der Waals surface area contributed by atoms with Crippen LogP contribution in [0.25, 0.3) is 21.0 Å². The normalized spacial score (nSPS) is 13.9. The summed E-state index contributed by atoms with van der Waals surface area (Å²) < 4.78 is 0. The number of nitrogens with two attached hydrogens (primary N) is 1. The largest absolute Gasteiger partial charge is 0.382 e. The summed E-state index contributed by atoms with van der Waals surface area (Å²) in [6.45, 7) is 0. The van der Waals surface area contributed by atoms with Gasteiger partial charge in [-0.05, 0) is 42.3 Å². The molecule has 0 saturated carbocycles. The highest BCUT2D eigenvalue weighted by Gasteiger charge is 2.21. The third-order valence-corrected chi connectivity index (χ3v) is 5.70. The number of hydrogen-bond acceptors (Lipinski definition) is 4. The summed E-state index contributed by atoms with van der Waals surface area (Å²) in [7, 11) is 0. The number of anilines is 1. The number of rotatable bonds is 2. The highest BCUT2D eigenvalue weighted by molar-refractivity contribution is 7.16. The first-order valence-corrected chi connectivity index (χ1v) is 8.02. The molecule has 3 heterocycles. The van der Waals surface area contributed by atoms with Crippen LogP contribution < -0.4 is 5.73 Å². The van der Waals surface area contributed by atoms with E-state index in [1.807, 2.05) is 17.4 Å². The molecule has 3 nitrogen and oxygen atoms in total. The fraction of sp³-hybridized carbons (Fsp3) is 0.214. The minimum Gasteiger partial charge on any atom is -0.382 e. The van der Waals surface area contributed by atoms with Crippen molar-refractivity contribution >= 4 is 28.5 Å². The van der Waals surface area contributed by atoms with Crippen molar-refractivity contribution in [2.24, 2.45) is 0 Å². The lowest BCUT2D eigenvalue weighted by Crippen LogP contribution is -1.86. The molecule has 0 bridgehead atoms. The van der Waals surface area contributed by atoms with E-state index in [4.69, 9.17) is 5.73 Å². The van der Waals surface area contributed by atoms with Crippen molar-refractivity contribution in [3.05, 3.63) is 34.0 Å². The highest BCUT2D eigenvalue weighted by Crippen LogP contribution is 2.42. The Kier molecular flexibility index (Phi) is 2.50. The van der Waals surface area contributed by atoms with E-state index in [-0.39, 0.29) is 0 Å². The molecule has 0 atom stereocenters. The first-order valence-electron chi connectivity index (χ1n) is 6.32. The van der Waals surface area contributed by atoms with Crippen molar-refractivity contribution in [2.75, 3.05) is 5.73 Å². The van der Waals surface area contributed by atoms with Crippen LogP contribution >= 0.6 is 22.7 Å². The van der Waals surface area contributed by atoms with E-state index in [0.717, 1.165) is 11.3 Å². The lowest BCUT2D eigenvalue weighted by atomic mass is 10.1. The summed E-state index contributed by atoms with van der Waals surface area (Å²) in [5.74, 6) is 0.589. The second-order valence-electron chi connectivity index (χ2n) is 4.75. The predicted molar refractivity (Wildman–Crippen MR) is 81.7 cm³/mol. The summed E-state index contributed by atoms with van der Waals surface area (Å²) in [4.78, 5) is 3.97. The van der Waals surface area contributed by atoms with Gasteiger partial charge in [-0.15, -0.1) is 22.7 Å². The maximum atomic E-state index is 6.03. The van der Waals surface area contributed by atoms with Gasteiger partial charge in [-0.3, -0.25) is 5.10 Å². The lowest BCUT2D eigenvalue weighted by Gasteiger charge is -1.99. The zero-order chi connectivity index (χ0) is 12.8. The third kappa shape index (κ3) is 1.73. The maximum absolute atomic E-state index is 6.03. The number of nitrogen functional groups attached to an aromatic ring is 1. The number of aryl methyl sites for hydroxylation is 2. The summed E-state index contributed by atoms with van der Waals surface area (Å²) in [5.41, 5.74) is 9.65. The van der Waals surface area contributed by atoms with Gasteiger partial charge < -0.3 is 5.73 Å². The summed E-state index contributed by atoms with van der Waals surface area (Å²) >= 11 is 3.58. The molecule has 19 heavy (non-hydrogen) atoms. The Hall–Kier alpha value is -1.59. The number of aromatic nitrogens is 2. The highest BCUT2D eigenvalue weighted by atomic mass is 32.1. The van der Waals surface area contributed by atoms with Crippen LogP contribution in [-0.2, 0) is 12.8 Å². The van der Waals surface area contributed by atoms with Gasteiger partial charge in [0.15, 0.2) is 5.82 Å². The monoisotopic (exact) mass is 287 g/mol. The molecule has 3 aromatic heterocycles. The minimum absolute atomic E-state index is 0.589. The lowest BCUT2D eigenvalue weighted by molar-refractivity contribution is 0.915. The van der Waals surface area contributed by atoms with Gasteiger partial charge in [-0.25, -0.2) is 0 Å². The van der Waals surface area contributed by atoms with E-state index in [1.54, 1.807) is 11.3 Å². The van der Waals surface area contributed by atoms with Crippen molar-refractivity contribution < 1.29 is 0 Å². The van der Waals surface area contributed by atoms with Crippen LogP contribution in [-0.4, -0.2) is 10.2 Å². The van der Waals surface area contributed by atoms with Crippen LogP contribution in [0.1, 0.15) is 16.9 Å². The summed E-state index contributed by atoms with van der Waals surface area (Å²) in [6.07, 6.45) is 3.73. The zero-order valence-corrected chi connectivity index (χ0v) is 11.9. The van der Waals surface area contributed by atoms with Gasteiger partial charge in [0.05, 0.1) is 16.1 Å². The molecule has 0 unspecified atom stereocenters. The van der Waals surface area contributed by atoms with Gasteiger partial charge in [0.1, 0.15) is 0 Å². The second-order valence-corrected chi connectivity index (χ2v) is 6.83. The van der Waals surface area contributed by atoms with Crippen molar-refractivity contribution in [1.29, 1.82) is 0 Å². The molecule has 1 aliphatic rings. The van der Waals surface area contributed by atoms with E-state index in [1.165, 1.54) is 39.5 Å². The Labute approximate surface area is 119 Å². The molecule has 3 aromatic rings. The Morgan fingerprint density at radius 1 is 1.26 bits per heavy atom. The van der Waals surface area contributed by atoms with Crippen LogP contribution in [0.15, 0.2) is 23.6 Å². The molecule has 1 aliphatic carbocycles. The number of nitrogens with one attached hydrogen (secondary N) is 1. The van der Waals surface area contributed by atoms with Crippen LogP contribution in [0, 0.1) is 0 Å². The molecule has 0 amide bonds. The van der Waals surface area contributed by atoms with Crippen LogP contribution in [0.4, 0.5) is 5.82 Å². The molecule has 0 spiro atoms. The first kappa shape index (κ1) is 11.3. The topological polar surface area (TPSA) is 54.7 Å². The smallest absolute Gasteiger partial charge is 0.154 e. The first-order chi connectivity index (χ1) is 9.33. The Morgan fingerprint density at radius 3 is 3.00 bits per heavy atom. The molecular formula is C14H13N3S2. The van der Waals surface area contributed by atoms with Gasteiger partial charge >= 0.3 is 0 Å². The molecule has 0 saturated heterocycles. The Morgan fingerprint density at radius 2 is 2.21 bits per heavy atom. The van der Waals surface area contributed by atoms with E-state index < -0.39 is 0 Å². The van der Waals surface area contributed by atoms with Crippen LogP contribution in [0.5, 0.6) is 0 Å². The average molecular weight is 287 g/mol.